The lowest BCUT2D eigenvalue weighted by molar-refractivity contribution is -0.138. The van der Waals surface area contributed by atoms with Crippen LogP contribution in [0, 0.1) is 30.1 Å². The number of hydrogen-bond donors (Lipinski definition) is 3. The summed E-state index contributed by atoms with van der Waals surface area (Å²) in [6, 6.07) is 5.99. The van der Waals surface area contributed by atoms with Crippen molar-refractivity contribution in [2.75, 3.05) is 0 Å². The van der Waals surface area contributed by atoms with Crippen molar-refractivity contribution in [3.05, 3.63) is 41.0 Å². The molecule has 2 aliphatic rings. The molecule has 8 nitrogen and oxygen atoms in total. The molecule has 5 atom stereocenters. The van der Waals surface area contributed by atoms with Gasteiger partial charge in [0.2, 0.25) is 5.91 Å². The van der Waals surface area contributed by atoms with Crippen LogP contribution in [0.15, 0.2) is 29.8 Å². The number of hydrogen-bond acceptors (Lipinski definition) is 7. The first-order chi connectivity index (χ1) is 19.6. The van der Waals surface area contributed by atoms with E-state index in [1.54, 1.807) is 26.3 Å². The minimum absolute atomic E-state index is 0.0162. The number of thiazole rings is 1. The number of nitrogens with one attached hydrogen (secondary N) is 2. The molecule has 0 radical (unpaired) electrons. The van der Waals surface area contributed by atoms with Crippen molar-refractivity contribution in [2.24, 2.45) is 23.2 Å². The molecule has 1 heterocycles. The van der Waals surface area contributed by atoms with E-state index >= 15 is 0 Å². The van der Waals surface area contributed by atoms with Crippen molar-refractivity contribution in [3.8, 4) is 10.4 Å². The number of benzene rings is 1. The highest BCUT2D eigenvalue weighted by Gasteiger charge is 2.53. The molecule has 42 heavy (non-hydrogen) atoms. The van der Waals surface area contributed by atoms with Crippen LogP contribution in [0.2, 0.25) is 0 Å². The second-order valence-corrected chi connectivity index (χ2v) is 14.1. The van der Waals surface area contributed by atoms with Gasteiger partial charge in [-0.25, -0.2) is 9.37 Å². The highest BCUT2D eigenvalue weighted by molar-refractivity contribution is 7.13. The fraction of sp³-hybridized carbons (Fsp3) is 0.594. The van der Waals surface area contributed by atoms with Gasteiger partial charge < -0.3 is 15.7 Å². The average molecular weight is 600 g/mol. The van der Waals surface area contributed by atoms with Crippen LogP contribution in [-0.2, 0) is 19.2 Å². The van der Waals surface area contributed by atoms with Crippen LogP contribution in [0.25, 0.3) is 10.4 Å². The Balaban J connectivity index is 1.56. The third-order valence-corrected chi connectivity index (χ3v) is 9.43. The largest absolute Gasteiger partial charge is 0.393 e. The maximum Gasteiger partial charge on any atom is 0.258 e. The molecule has 1 aromatic carbocycles. The topological polar surface area (TPSA) is 125 Å². The Kier molecular flexibility index (Phi) is 9.37. The number of aliphatic hydroxyl groups excluding tert-OH is 1. The first kappa shape index (κ1) is 31.9. The van der Waals surface area contributed by atoms with Crippen LogP contribution in [0.5, 0.6) is 0 Å². The minimum Gasteiger partial charge on any atom is -0.393 e. The maximum atomic E-state index is 14.5. The standard InChI is InChI=1S/C32H42FN3O5S/c1-17(2)25(38)15-24(19-7-9-20(10-8-19)27-18(3)34-16-42-27)35-29(40)23-14-21(37)13-22(23)26(39)28(31(4,5)6)36-30(41)32(33)11-12-32/h7-10,16-17,21-24,28,37H,11-15H2,1-6H3,(H,35,40)(H,36,41)/t21-,22?,23+,24-,28+/m0/s1. The van der Waals surface area contributed by atoms with Crippen LogP contribution in [0.3, 0.4) is 0 Å². The zero-order valence-electron chi connectivity index (χ0n) is 25.2. The van der Waals surface area contributed by atoms with Gasteiger partial charge in [-0.2, -0.15) is 0 Å². The Morgan fingerprint density at radius 3 is 2.21 bits per heavy atom. The molecule has 0 bridgehead atoms. The normalized spacial score (nSPS) is 22.8. The smallest absolute Gasteiger partial charge is 0.258 e. The Hall–Kier alpha value is -2.98. The van der Waals surface area contributed by atoms with E-state index in [1.165, 1.54) is 11.3 Å². The van der Waals surface area contributed by atoms with Crippen LogP contribution in [0.4, 0.5) is 4.39 Å². The minimum atomic E-state index is -1.94. The highest BCUT2D eigenvalue weighted by atomic mass is 32.1. The molecule has 2 aromatic rings. The van der Waals surface area contributed by atoms with Gasteiger partial charge >= 0.3 is 0 Å². The number of Topliss-reactive ketones (excluding diaryl/α,β-unsaturated/α-hetero) is 2. The number of amides is 2. The predicted molar refractivity (Wildman–Crippen MR) is 159 cm³/mol. The van der Waals surface area contributed by atoms with E-state index in [4.69, 9.17) is 0 Å². The van der Waals surface area contributed by atoms with Gasteiger partial charge in [0.05, 0.1) is 40.2 Å². The lowest BCUT2D eigenvalue weighted by atomic mass is 9.77. The van der Waals surface area contributed by atoms with Gasteiger partial charge in [-0.15, -0.1) is 11.3 Å². The number of ketones is 2. The van der Waals surface area contributed by atoms with Gasteiger partial charge in [-0.05, 0) is 49.1 Å². The van der Waals surface area contributed by atoms with E-state index in [0.717, 1.165) is 21.7 Å². The van der Waals surface area contributed by atoms with Gasteiger partial charge in [0.25, 0.3) is 5.91 Å². The van der Waals surface area contributed by atoms with Gasteiger partial charge in [0.15, 0.2) is 11.5 Å². The fourth-order valence-corrected chi connectivity index (χ4v) is 6.37. The van der Waals surface area contributed by atoms with E-state index in [2.05, 4.69) is 15.6 Å². The summed E-state index contributed by atoms with van der Waals surface area (Å²) in [5.74, 6) is -3.60. The summed E-state index contributed by atoms with van der Waals surface area (Å²) in [4.78, 5) is 58.3. The third kappa shape index (κ3) is 7.14. The molecule has 228 valence electrons. The van der Waals surface area contributed by atoms with Crippen molar-refractivity contribution in [1.82, 2.24) is 15.6 Å². The molecule has 4 rings (SSSR count). The number of carbonyl (C=O) groups is 4. The number of nitrogens with zero attached hydrogens (tertiary/aromatic N) is 1. The summed E-state index contributed by atoms with van der Waals surface area (Å²) in [5, 5.41) is 16.2. The second-order valence-electron chi connectivity index (χ2n) is 13.3. The fourth-order valence-electron chi connectivity index (χ4n) is 5.55. The monoisotopic (exact) mass is 599 g/mol. The molecule has 0 saturated heterocycles. The van der Waals surface area contributed by atoms with E-state index in [1.807, 2.05) is 45.0 Å². The average Bonchev–Trinajstić information content (AvgIpc) is 3.33. The number of alkyl halides is 1. The zero-order chi connectivity index (χ0) is 31.0. The highest BCUT2D eigenvalue weighted by Crippen LogP contribution is 2.41. The van der Waals surface area contributed by atoms with E-state index in [9.17, 15) is 28.7 Å². The lowest BCUT2D eigenvalue weighted by Crippen LogP contribution is -2.54. The molecule has 1 unspecified atom stereocenters. The predicted octanol–water partition coefficient (Wildman–Crippen LogP) is 4.88. The zero-order valence-corrected chi connectivity index (χ0v) is 26.0. The number of aryl methyl sites for hydroxylation is 1. The van der Waals surface area contributed by atoms with E-state index < -0.39 is 58.7 Å². The van der Waals surface area contributed by atoms with Gasteiger partial charge in [-0.1, -0.05) is 58.9 Å². The molecule has 0 spiro atoms. The molecule has 0 aliphatic heterocycles. The summed E-state index contributed by atoms with van der Waals surface area (Å²) < 4.78 is 14.5. The number of aromatic nitrogens is 1. The summed E-state index contributed by atoms with van der Waals surface area (Å²) in [6.07, 6.45) is -0.404. The molecule has 1 aromatic heterocycles. The molecule has 2 fully saturated rings. The van der Waals surface area contributed by atoms with Crippen molar-refractivity contribution in [2.45, 2.75) is 97.5 Å². The molecule has 2 saturated carbocycles. The Morgan fingerprint density at radius 1 is 1.07 bits per heavy atom. The number of rotatable bonds is 11. The molecule has 2 amide bonds. The summed E-state index contributed by atoms with van der Waals surface area (Å²) in [6.45, 7) is 10.9. The number of carbonyl (C=O) groups excluding carboxylic acids is 4. The van der Waals surface area contributed by atoms with E-state index in [-0.39, 0.29) is 43.8 Å². The van der Waals surface area contributed by atoms with E-state index in [0.29, 0.717) is 0 Å². The van der Waals surface area contributed by atoms with Crippen molar-refractivity contribution in [3.63, 3.8) is 0 Å². The first-order valence-corrected chi connectivity index (χ1v) is 15.5. The number of halogens is 1. The van der Waals surface area contributed by atoms with Crippen LogP contribution < -0.4 is 10.6 Å². The van der Waals surface area contributed by atoms with Gasteiger partial charge in [0, 0.05) is 18.3 Å². The molecular formula is C32H42FN3O5S. The van der Waals surface area contributed by atoms with Crippen molar-refractivity contribution in [1.29, 1.82) is 0 Å². The third-order valence-electron chi connectivity index (χ3n) is 8.45. The molecule has 3 N–H and O–H groups in total. The molecule has 2 aliphatic carbocycles. The molecular weight excluding hydrogens is 557 g/mol. The van der Waals surface area contributed by atoms with Crippen molar-refractivity contribution >= 4 is 34.7 Å². The maximum absolute atomic E-state index is 14.5. The van der Waals surface area contributed by atoms with Crippen LogP contribution in [-0.4, -0.2) is 51.3 Å². The SMILES string of the molecule is Cc1ncsc1-c1ccc([C@H](CC(=O)C(C)C)NC(=O)[C@@H]2C[C@@H](O)CC2C(=O)[C@@H](NC(=O)C2(F)CC2)C(C)(C)C)cc1. The Bertz CT molecular complexity index is 1330. The molecule has 10 heteroatoms. The second kappa shape index (κ2) is 12.3. The van der Waals surface area contributed by atoms with Gasteiger partial charge in [-0.3, -0.25) is 19.2 Å². The van der Waals surface area contributed by atoms with Gasteiger partial charge in [0.1, 0.15) is 5.78 Å². The quantitative estimate of drug-likeness (QED) is 0.338. The first-order valence-electron chi connectivity index (χ1n) is 14.7. The Morgan fingerprint density at radius 2 is 1.69 bits per heavy atom. The summed E-state index contributed by atoms with van der Waals surface area (Å²) in [5.41, 5.74) is 1.76. The van der Waals surface area contributed by atoms with Crippen LogP contribution >= 0.6 is 11.3 Å². The Labute approximate surface area is 250 Å². The van der Waals surface area contributed by atoms with Crippen LogP contribution in [0.1, 0.15) is 84.0 Å². The summed E-state index contributed by atoms with van der Waals surface area (Å²) >= 11 is 1.54. The summed E-state index contributed by atoms with van der Waals surface area (Å²) in [7, 11) is 0. The van der Waals surface area contributed by atoms with Crippen molar-refractivity contribution < 1.29 is 28.7 Å². The lowest BCUT2D eigenvalue weighted by Gasteiger charge is -2.34. The number of aliphatic hydroxyl groups is 1.